The molecule has 8 heteroatoms. The predicted octanol–water partition coefficient (Wildman–Crippen LogP) is 2.45. The fraction of sp³-hybridized carbons (Fsp3) is 0.533. The maximum atomic E-state index is 12.2. The SMILES string of the molecule is CCCC[Te]c1nc(Br)c(C(=O)OCC)c(C(=O)OCC)c1O. The molecule has 1 aromatic heterocycles. The van der Waals surface area contributed by atoms with Crippen molar-refractivity contribution < 1.29 is 24.2 Å². The van der Waals surface area contributed by atoms with Crippen LogP contribution in [0.5, 0.6) is 5.75 Å². The summed E-state index contributed by atoms with van der Waals surface area (Å²) in [6.07, 6.45) is 2.09. The van der Waals surface area contributed by atoms with E-state index in [0.717, 1.165) is 17.3 Å². The molecular weight excluding hydrogens is 482 g/mol. The van der Waals surface area contributed by atoms with Crippen molar-refractivity contribution in [3.8, 4) is 5.75 Å². The standard InChI is InChI=1S/C15H20BrNO5Te/c1-4-7-8-23-13-11(18)9(14(19)21-5-2)10(12(16)17-13)15(20)22-6-3/h18H,4-8H2,1-3H3. The van der Waals surface area contributed by atoms with Crippen LogP contribution in [0.25, 0.3) is 0 Å². The summed E-state index contributed by atoms with van der Waals surface area (Å²) in [5, 5.41) is 10.4. The average molecular weight is 502 g/mol. The average Bonchev–Trinajstić information content (AvgIpc) is 2.50. The van der Waals surface area contributed by atoms with E-state index in [2.05, 4.69) is 27.8 Å². The molecule has 128 valence electrons. The number of aromatic hydroxyl groups is 1. The van der Waals surface area contributed by atoms with E-state index in [4.69, 9.17) is 9.47 Å². The number of halogens is 1. The number of unbranched alkanes of at least 4 members (excludes halogenated alkanes) is 1. The number of carbonyl (C=O) groups is 2. The van der Waals surface area contributed by atoms with E-state index in [9.17, 15) is 14.7 Å². The van der Waals surface area contributed by atoms with E-state index in [0.29, 0.717) is 3.74 Å². The molecule has 0 aliphatic rings. The quantitative estimate of drug-likeness (QED) is 0.255. The molecule has 0 aliphatic carbocycles. The molecule has 0 radical (unpaired) electrons. The number of hydrogen-bond donors (Lipinski definition) is 1. The fourth-order valence-electron chi connectivity index (χ4n) is 1.73. The van der Waals surface area contributed by atoms with Gasteiger partial charge in [0.05, 0.1) is 0 Å². The van der Waals surface area contributed by atoms with Gasteiger partial charge in [-0.15, -0.1) is 0 Å². The Morgan fingerprint density at radius 1 is 1.13 bits per heavy atom. The van der Waals surface area contributed by atoms with E-state index in [1.165, 1.54) is 0 Å². The Morgan fingerprint density at radius 2 is 1.70 bits per heavy atom. The van der Waals surface area contributed by atoms with Gasteiger partial charge < -0.3 is 0 Å². The van der Waals surface area contributed by atoms with Gasteiger partial charge in [-0.3, -0.25) is 0 Å². The first-order valence-electron chi connectivity index (χ1n) is 7.37. The van der Waals surface area contributed by atoms with Gasteiger partial charge in [0.1, 0.15) is 0 Å². The Hall–Kier alpha value is -0.840. The Labute approximate surface area is 154 Å². The maximum absolute atomic E-state index is 12.2. The van der Waals surface area contributed by atoms with Crippen LogP contribution in [-0.4, -0.2) is 56.2 Å². The van der Waals surface area contributed by atoms with Crippen LogP contribution in [0.4, 0.5) is 0 Å². The normalized spacial score (nSPS) is 10.4. The van der Waals surface area contributed by atoms with E-state index < -0.39 is 32.9 Å². The summed E-state index contributed by atoms with van der Waals surface area (Å²) in [5.41, 5.74) is -0.252. The Balaban J connectivity index is 3.36. The number of pyridine rings is 1. The van der Waals surface area contributed by atoms with Gasteiger partial charge in [-0.05, 0) is 0 Å². The minimum absolute atomic E-state index is 0.0884. The molecule has 0 saturated carbocycles. The predicted molar refractivity (Wildman–Crippen MR) is 90.6 cm³/mol. The van der Waals surface area contributed by atoms with Crippen LogP contribution in [-0.2, 0) is 9.47 Å². The third kappa shape index (κ3) is 5.33. The van der Waals surface area contributed by atoms with Crippen molar-refractivity contribution in [1.82, 2.24) is 4.98 Å². The van der Waals surface area contributed by atoms with Crippen molar-refractivity contribution in [2.24, 2.45) is 0 Å². The summed E-state index contributed by atoms with van der Waals surface area (Å²) >= 11 is 2.46. The number of nitrogens with zero attached hydrogens (tertiary/aromatic N) is 1. The van der Waals surface area contributed by atoms with Crippen molar-refractivity contribution in [2.75, 3.05) is 13.2 Å². The molecule has 0 unspecified atom stereocenters. The molecule has 0 saturated heterocycles. The molecule has 6 nitrogen and oxygen atoms in total. The van der Waals surface area contributed by atoms with E-state index in [-0.39, 0.29) is 34.7 Å². The summed E-state index contributed by atoms with van der Waals surface area (Å²) in [4.78, 5) is 28.6. The topological polar surface area (TPSA) is 85.7 Å². The van der Waals surface area contributed by atoms with Crippen LogP contribution < -0.4 is 3.74 Å². The van der Waals surface area contributed by atoms with Crippen LogP contribution >= 0.6 is 15.9 Å². The number of esters is 2. The second-order valence-electron chi connectivity index (χ2n) is 4.45. The first-order valence-corrected chi connectivity index (χ1v) is 11.0. The molecule has 0 aromatic carbocycles. The molecule has 0 amide bonds. The monoisotopic (exact) mass is 503 g/mol. The van der Waals surface area contributed by atoms with Crippen LogP contribution in [0.1, 0.15) is 54.3 Å². The zero-order valence-corrected chi connectivity index (χ0v) is 17.3. The van der Waals surface area contributed by atoms with Gasteiger partial charge in [0.15, 0.2) is 0 Å². The van der Waals surface area contributed by atoms with Gasteiger partial charge in [-0.2, -0.15) is 0 Å². The van der Waals surface area contributed by atoms with Crippen LogP contribution in [0.15, 0.2) is 4.60 Å². The zero-order valence-electron chi connectivity index (χ0n) is 13.3. The van der Waals surface area contributed by atoms with Gasteiger partial charge in [-0.1, -0.05) is 0 Å². The molecular formula is C15H20BrNO5Te. The Kier molecular flexibility index (Phi) is 8.88. The van der Waals surface area contributed by atoms with Crippen molar-refractivity contribution >= 4 is 52.5 Å². The molecule has 0 aliphatic heterocycles. The first kappa shape index (κ1) is 20.2. The zero-order chi connectivity index (χ0) is 17.4. The first-order chi connectivity index (χ1) is 11.0. The van der Waals surface area contributed by atoms with Gasteiger partial charge in [0.25, 0.3) is 0 Å². The number of carbonyl (C=O) groups excluding carboxylic acids is 2. The van der Waals surface area contributed by atoms with Gasteiger partial charge >= 0.3 is 154 Å². The van der Waals surface area contributed by atoms with E-state index in [1.54, 1.807) is 13.8 Å². The minimum atomic E-state index is -0.757. The fourth-order valence-corrected chi connectivity index (χ4v) is 5.55. The second-order valence-corrected chi connectivity index (χ2v) is 8.29. The number of hydrogen-bond acceptors (Lipinski definition) is 6. The second kappa shape index (κ2) is 10.1. The molecule has 1 aromatic rings. The van der Waals surface area contributed by atoms with Gasteiger partial charge in [-0.25, -0.2) is 0 Å². The number of aromatic nitrogens is 1. The van der Waals surface area contributed by atoms with Crippen molar-refractivity contribution in [2.45, 2.75) is 38.1 Å². The van der Waals surface area contributed by atoms with Crippen molar-refractivity contribution in [3.63, 3.8) is 0 Å². The summed E-state index contributed by atoms with van der Waals surface area (Å²) in [7, 11) is 0. The van der Waals surface area contributed by atoms with Crippen LogP contribution in [0, 0.1) is 0 Å². The molecule has 23 heavy (non-hydrogen) atoms. The molecule has 1 heterocycles. The van der Waals surface area contributed by atoms with Crippen molar-refractivity contribution in [3.05, 3.63) is 15.7 Å². The van der Waals surface area contributed by atoms with Crippen LogP contribution in [0.2, 0.25) is 4.47 Å². The summed E-state index contributed by atoms with van der Waals surface area (Å²) in [6.45, 7) is 5.70. The summed E-state index contributed by atoms with van der Waals surface area (Å²) in [6, 6.07) is 0. The van der Waals surface area contributed by atoms with Crippen LogP contribution in [0.3, 0.4) is 0 Å². The van der Waals surface area contributed by atoms with E-state index in [1.807, 2.05) is 0 Å². The Morgan fingerprint density at radius 3 is 2.22 bits per heavy atom. The third-order valence-electron chi connectivity index (χ3n) is 2.79. The molecule has 1 rings (SSSR count). The van der Waals surface area contributed by atoms with Gasteiger partial charge in [0, 0.05) is 0 Å². The Bertz CT molecular complexity index is 579. The third-order valence-corrected chi connectivity index (χ3v) is 6.36. The summed E-state index contributed by atoms with van der Waals surface area (Å²) in [5.74, 6) is -1.72. The molecule has 0 spiro atoms. The molecule has 0 bridgehead atoms. The number of ether oxygens (including phenoxy) is 2. The van der Waals surface area contributed by atoms with Crippen molar-refractivity contribution in [1.29, 1.82) is 0 Å². The molecule has 0 atom stereocenters. The number of rotatable bonds is 8. The van der Waals surface area contributed by atoms with E-state index >= 15 is 0 Å². The molecule has 0 fully saturated rings. The summed E-state index contributed by atoms with van der Waals surface area (Å²) < 4.78 is 11.6. The van der Waals surface area contributed by atoms with Gasteiger partial charge in [0.2, 0.25) is 0 Å². The molecule has 1 N–H and O–H groups in total.